The van der Waals surface area contributed by atoms with Crippen molar-refractivity contribution in [3.63, 3.8) is 0 Å². The summed E-state index contributed by atoms with van der Waals surface area (Å²) in [4.78, 5) is 23.5. The second-order valence-corrected chi connectivity index (χ2v) is 7.85. The maximum Gasteiger partial charge on any atom is 0.249 e. The zero-order valence-corrected chi connectivity index (χ0v) is 17.7. The quantitative estimate of drug-likeness (QED) is 0.395. The van der Waals surface area contributed by atoms with Crippen LogP contribution in [0.3, 0.4) is 0 Å². The summed E-state index contributed by atoms with van der Waals surface area (Å²) in [5, 5.41) is 10.9. The molecule has 0 atom stereocenters. The minimum Gasteiger partial charge on any atom is -0.366 e. The highest BCUT2D eigenvalue weighted by molar-refractivity contribution is 6.06. The predicted octanol–water partition coefficient (Wildman–Crippen LogP) is 5.69. The van der Waals surface area contributed by atoms with E-state index in [4.69, 9.17) is 11.5 Å². The highest BCUT2D eigenvalue weighted by Gasteiger charge is 2.18. The summed E-state index contributed by atoms with van der Waals surface area (Å²) >= 11 is 0. The van der Waals surface area contributed by atoms with Gasteiger partial charge in [0.2, 0.25) is 11.8 Å². The molecular weight excluding hydrogens is 412 g/mol. The van der Waals surface area contributed by atoms with E-state index in [1.54, 1.807) is 36.4 Å². The van der Waals surface area contributed by atoms with Crippen LogP contribution < -0.4 is 11.5 Å². The molecule has 160 valence electrons. The summed E-state index contributed by atoms with van der Waals surface area (Å²) in [6.07, 6.45) is 5.10. The van der Waals surface area contributed by atoms with E-state index in [0.29, 0.717) is 28.1 Å². The van der Waals surface area contributed by atoms with Crippen LogP contribution in [-0.4, -0.2) is 11.8 Å². The fourth-order valence-electron chi connectivity index (χ4n) is 4.21. The summed E-state index contributed by atoms with van der Waals surface area (Å²) in [7, 11) is 0. The highest BCUT2D eigenvalue weighted by Crippen LogP contribution is 2.38. The zero-order valence-electron chi connectivity index (χ0n) is 17.7. The van der Waals surface area contributed by atoms with Gasteiger partial charge in [-0.15, -0.1) is 0 Å². The second-order valence-electron chi connectivity index (χ2n) is 7.85. The summed E-state index contributed by atoms with van der Waals surface area (Å²) in [6.45, 7) is 0. The second kappa shape index (κ2) is 8.16. The van der Waals surface area contributed by atoms with Gasteiger partial charge in [-0.3, -0.25) is 9.59 Å². The lowest BCUT2D eigenvalue weighted by atomic mass is 9.86. The first-order valence-electron chi connectivity index (χ1n) is 10.5. The molecule has 0 radical (unpaired) electrons. The van der Waals surface area contributed by atoms with Gasteiger partial charge in [-0.05, 0) is 81.9 Å². The first-order valence-corrected chi connectivity index (χ1v) is 10.5. The van der Waals surface area contributed by atoms with Crippen LogP contribution in [0, 0.1) is 0 Å². The molecule has 0 saturated heterocycles. The first-order chi connectivity index (χ1) is 16.0. The van der Waals surface area contributed by atoms with E-state index in [0.717, 1.165) is 22.9 Å². The fraction of sp³-hybridized carbons (Fsp3) is 0.0370. The third-order valence-corrected chi connectivity index (χ3v) is 5.79. The maximum absolute atomic E-state index is 12.2. The number of azo groups is 1. The molecule has 0 heterocycles. The molecule has 1 aliphatic carbocycles. The summed E-state index contributed by atoms with van der Waals surface area (Å²) in [6, 6.07) is 22.1. The SMILES string of the molecule is NC(=O)c1ccc(N=Nc2ccc(C(N)=O)c(-c3ccc4cccc5c4c3C=CC5)c2)cc1. The molecule has 0 fully saturated rings. The number of amides is 2. The monoisotopic (exact) mass is 432 g/mol. The van der Waals surface area contributed by atoms with Crippen molar-refractivity contribution < 1.29 is 9.59 Å². The van der Waals surface area contributed by atoms with Gasteiger partial charge in [0, 0.05) is 11.1 Å². The molecule has 5 rings (SSSR count). The Morgan fingerprint density at radius 2 is 1.52 bits per heavy atom. The molecule has 0 spiro atoms. The molecule has 4 N–H and O–H groups in total. The van der Waals surface area contributed by atoms with E-state index >= 15 is 0 Å². The van der Waals surface area contributed by atoms with Gasteiger partial charge in [0.25, 0.3) is 0 Å². The maximum atomic E-state index is 12.2. The van der Waals surface area contributed by atoms with Crippen LogP contribution >= 0.6 is 0 Å². The lowest BCUT2D eigenvalue weighted by Crippen LogP contribution is -2.12. The van der Waals surface area contributed by atoms with Crippen molar-refractivity contribution in [1.29, 1.82) is 0 Å². The molecule has 0 saturated carbocycles. The Balaban J connectivity index is 1.60. The van der Waals surface area contributed by atoms with Gasteiger partial charge in [-0.2, -0.15) is 10.2 Å². The van der Waals surface area contributed by atoms with Crippen LogP contribution in [0.4, 0.5) is 11.4 Å². The minimum absolute atomic E-state index is 0.403. The number of hydrogen-bond acceptors (Lipinski definition) is 4. The number of nitrogens with zero attached hydrogens (tertiary/aromatic N) is 2. The van der Waals surface area contributed by atoms with Gasteiger partial charge in [0.1, 0.15) is 0 Å². The van der Waals surface area contributed by atoms with E-state index in [1.807, 2.05) is 12.1 Å². The normalized spacial score (nSPS) is 12.4. The molecule has 0 bridgehead atoms. The van der Waals surface area contributed by atoms with Crippen LogP contribution in [0.5, 0.6) is 0 Å². The number of hydrogen-bond donors (Lipinski definition) is 2. The molecule has 1 aliphatic rings. The van der Waals surface area contributed by atoms with Crippen molar-refractivity contribution in [3.05, 3.63) is 101 Å². The van der Waals surface area contributed by atoms with E-state index in [-0.39, 0.29) is 0 Å². The smallest absolute Gasteiger partial charge is 0.249 e. The third-order valence-electron chi connectivity index (χ3n) is 5.79. The number of primary amides is 2. The van der Waals surface area contributed by atoms with E-state index in [1.165, 1.54) is 10.9 Å². The molecule has 0 aliphatic heterocycles. The third kappa shape index (κ3) is 3.78. The molecule has 2 amide bonds. The van der Waals surface area contributed by atoms with Crippen molar-refractivity contribution in [2.24, 2.45) is 21.7 Å². The topological polar surface area (TPSA) is 111 Å². The lowest BCUT2D eigenvalue weighted by molar-refractivity contribution is 0.0992. The van der Waals surface area contributed by atoms with Gasteiger partial charge in [0.05, 0.1) is 11.4 Å². The minimum atomic E-state index is -0.504. The fourth-order valence-corrected chi connectivity index (χ4v) is 4.21. The number of nitrogens with two attached hydrogens (primary N) is 2. The molecule has 0 unspecified atom stereocenters. The summed E-state index contributed by atoms with van der Waals surface area (Å²) < 4.78 is 0. The number of carbonyl (C=O) groups is 2. The van der Waals surface area contributed by atoms with Gasteiger partial charge >= 0.3 is 0 Å². The molecule has 6 nitrogen and oxygen atoms in total. The van der Waals surface area contributed by atoms with Crippen molar-refractivity contribution in [1.82, 2.24) is 0 Å². The van der Waals surface area contributed by atoms with Crippen molar-refractivity contribution >= 4 is 40.0 Å². The van der Waals surface area contributed by atoms with Crippen LogP contribution in [0.15, 0.2) is 89.1 Å². The largest absolute Gasteiger partial charge is 0.366 e. The Morgan fingerprint density at radius 3 is 2.27 bits per heavy atom. The standard InChI is InChI=1S/C27H20N4O2/c28-26(32)18-7-10-19(11-8-18)30-31-20-12-14-23(27(29)33)24(15-20)21-13-9-17-4-1-3-16-5-2-6-22(21)25(16)17/h1-4,6-15H,5H2,(H2,28,32)(H2,29,33). The Labute approximate surface area is 190 Å². The molecular formula is C27H20N4O2. The van der Waals surface area contributed by atoms with Gasteiger partial charge < -0.3 is 11.5 Å². The lowest BCUT2D eigenvalue weighted by Gasteiger charge is -2.18. The van der Waals surface area contributed by atoms with Crippen molar-refractivity contribution in [2.45, 2.75) is 6.42 Å². The first kappa shape index (κ1) is 20.3. The van der Waals surface area contributed by atoms with Gasteiger partial charge in [0.15, 0.2) is 0 Å². The Hall–Kier alpha value is -4.58. The number of carbonyl (C=O) groups excluding carboxylic acids is 2. The average Bonchev–Trinajstić information content (AvgIpc) is 2.83. The molecule has 6 heteroatoms. The Bertz CT molecular complexity index is 1480. The van der Waals surface area contributed by atoms with Crippen molar-refractivity contribution in [3.8, 4) is 11.1 Å². The van der Waals surface area contributed by atoms with Crippen molar-refractivity contribution in [2.75, 3.05) is 0 Å². The molecule has 0 aromatic heterocycles. The molecule has 4 aromatic carbocycles. The Morgan fingerprint density at radius 1 is 0.758 bits per heavy atom. The van der Waals surface area contributed by atoms with Gasteiger partial charge in [-0.25, -0.2) is 0 Å². The van der Waals surface area contributed by atoms with Crippen LogP contribution in [0.1, 0.15) is 31.8 Å². The van der Waals surface area contributed by atoms with Crippen LogP contribution in [0.2, 0.25) is 0 Å². The van der Waals surface area contributed by atoms with Crippen LogP contribution in [0.25, 0.3) is 28.0 Å². The zero-order chi connectivity index (χ0) is 22.9. The molecule has 4 aromatic rings. The highest BCUT2D eigenvalue weighted by atomic mass is 16.1. The Kier molecular flexibility index (Phi) is 5.03. The number of benzene rings is 4. The average molecular weight is 432 g/mol. The number of allylic oxidation sites excluding steroid dienone is 1. The predicted molar refractivity (Wildman–Crippen MR) is 130 cm³/mol. The van der Waals surface area contributed by atoms with Crippen LogP contribution in [-0.2, 0) is 6.42 Å². The summed E-state index contributed by atoms with van der Waals surface area (Å²) in [5.41, 5.74) is 16.9. The molecule has 33 heavy (non-hydrogen) atoms. The van der Waals surface area contributed by atoms with Gasteiger partial charge in [-0.1, -0.05) is 42.5 Å². The van der Waals surface area contributed by atoms with E-state index in [2.05, 4.69) is 46.6 Å². The van der Waals surface area contributed by atoms with E-state index in [9.17, 15) is 9.59 Å². The summed E-state index contributed by atoms with van der Waals surface area (Å²) in [5.74, 6) is -1.00. The number of rotatable bonds is 5. The van der Waals surface area contributed by atoms with E-state index < -0.39 is 11.8 Å².